The summed E-state index contributed by atoms with van der Waals surface area (Å²) >= 11 is 0. The van der Waals surface area contributed by atoms with E-state index in [1.165, 1.54) is 23.1 Å². The largest absolute Gasteiger partial charge is 0.497 e. The van der Waals surface area contributed by atoms with E-state index in [4.69, 9.17) is 14.2 Å². The molecule has 0 unspecified atom stereocenters. The summed E-state index contributed by atoms with van der Waals surface area (Å²) in [6.07, 6.45) is 5.25. The number of rotatable bonds is 14. The molecule has 0 bridgehead atoms. The quantitative estimate of drug-likeness (QED) is 0.0648. The molecule has 0 fully saturated rings. The van der Waals surface area contributed by atoms with E-state index in [1.807, 2.05) is 36.4 Å². The number of methoxy groups -OCH3 is 1. The van der Waals surface area contributed by atoms with Gasteiger partial charge in [0.15, 0.2) is 0 Å². The number of aryl methyl sites for hydroxylation is 2. The van der Waals surface area contributed by atoms with Crippen molar-refractivity contribution in [2.45, 2.75) is 46.0 Å². The minimum absolute atomic E-state index is 0.320. The minimum Gasteiger partial charge on any atom is -0.497 e. The molecule has 4 aromatic rings. The lowest BCUT2D eigenvalue weighted by Crippen LogP contribution is -2.09. The van der Waals surface area contributed by atoms with E-state index < -0.39 is 0 Å². The molecule has 0 N–H and O–H groups in total. The van der Waals surface area contributed by atoms with Crippen molar-refractivity contribution >= 4 is 12.3 Å². The number of aldehydes is 1. The Hall–Kier alpha value is -4.64. The average molecular weight is 579 g/mol. The first-order valence-corrected chi connectivity index (χ1v) is 14.7. The molecule has 0 heterocycles. The van der Waals surface area contributed by atoms with Gasteiger partial charge in [-0.1, -0.05) is 92.7 Å². The van der Waals surface area contributed by atoms with E-state index in [0.29, 0.717) is 31.6 Å². The van der Waals surface area contributed by atoms with Gasteiger partial charge in [-0.05, 0) is 77.4 Å². The fourth-order valence-corrected chi connectivity index (χ4v) is 4.31. The van der Waals surface area contributed by atoms with Gasteiger partial charge in [-0.3, -0.25) is 0 Å². The molecule has 4 aromatic carbocycles. The average Bonchev–Trinajstić information content (AvgIpc) is 3.05. The van der Waals surface area contributed by atoms with E-state index in [9.17, 15) is 9.59 Å². The van der Waals surface area contributed by atoms with Crippen LogP contribution in [0.25, 0.3) is 22.3 Å². The number of benzene rings is 4. The highest BCUT2D eigenvalue weighted by atomic mass is 16.5. The Morgan fingerprint density at radius 3 is 1.60 bits per heavy atom. The lowest BCUT2D eigenvalue weighted by molar-refractivity contribution is -0.139. The van der Waals surface area contributed by atoms with Crippen molar-refractivity contribution < 1.29 is 23.8 Å². The molecule has 5 heteroatoms. The highest BCUT2D eigenvalue weighted by molar-refractivity contribution is 5.86. The van der Waals surface area contributed by atoms with Gasteiger partial charge < -0.3 is 19.0 Å². The topological polar surface area (TPSA) is 61.8 Å². The molecule has 43 heavy (non-hydrogen) atoms. The molecule has 5 nitrogen and oxygen atoms in total. The summed E-state index contributed by atoms with van der Waals surface area (Å²) < 4.78 is 15.8. The molecule has 224 valence electrons. The standard InChI is InChI=1S/C22H24O4.C16H18O/c1-17(2)22(24)26-16-4-15-25-21-12-10-20(11-13-21)19-8-6-18(7-9-19)5-3-14-23;1-3-4-13-5-7-14(8-6-13)15-9-11-16(17-2)12-10-15/h6-14H,1,3-5,15-16H2,2H3;5-12H,3-4H2,1-2H3. The summed E-state index contributed by atoms with van der Waals surface area (Å²) in [5, 5.41) is 0. The SMILES string of the molecule is C=C(C)C(=O)OCCCOc1ccc(-c2ccc(CCC=O)cc2)cc1.CCCc1ccc(-c2ccc(OC)cc2)cc1. The Labute approximate surface area is 256 Å². The number of ether oxygens (including phenoxy) is 3. The molecule has 0 spiro atoms. The Kier molecular flexibility index (Phi) is 13.8. The van der Waals surface area contributed by atoms with Crippen LogP contribution in [0, 0.1) is 0 Å². The fourth-order valence-electron chi connectivity index (χ4n) is 4.31. The van der Waals surface area contributed by atoms with Gasteiger partial charge in [0.1, 0.15) is 17.8 Å². The van der Waals surface area contributed by atoms with Crippen LogP contribution >= 0.6 is 0 Å². The zero-order valence-corrected chi connectivity index (χ0v) is 25.5. The van der Waals surface area contributed by atoms with Crippen molar-refractivity contribution in [2.75, 3.05) is 20.3 Å². The van der Waals surface area contributed by atoms with Gasteiger partial charge in [-0.15, -0.1) is 0 Å². The third-order valence-electron chi connectivity index (χ3n) is 6.75. The minimum atomic E-state index is -0.369. The predicted molar refractivity (Wildman–Crippen MR) is 175 cm³/mol. The Morgan fingerprint density at radius 2 is 1.16 bits per heavy atom. The third kappa shape index (κ3) is 11.3. The summed E-state index contributed by atoms with van der Waals surface area (Å²) in [6, 6.07) is 33.1. The van der Waals surface area contributed by atoms with Crippen LogP contribution in [0.5, 0.6) is 11.5 Å². The van der Waals surface area contributed by atoms with Crippen LogP contribution in [0.15, 0.2) is 109 Å². The molecule has 0 atom stereocenters. The second-order valence-corrected chi connectivity index (χ2v) is 10.2. The number of esters is 1. The van der Waals surface area contributed by atoms with Crippen LogP contribution in [0.4, 0.5) is 0 Å². The molecule has 0 aromatic heterocycles. The van der Waals surface area contributed by atoms with E-state index in [2.05, 4.69) is 74.2 Å². The Morgan fingerprint density at radius 1 is 0.698 bits per heavy atom. The van der Waals surface area contributed by atoms with Crippen LogP contribution in [0.2, 0.25) is 0 Å². The van der Waals surface area contributed by atoms with Crippen LogP contribution in [-0.4, -0.2) is 32.6 Å². The summed E-state index contributed by atoms with van der Waals surface area (Å²) in [7, 11) is 1.69. The second kappa shape index (κ2) is 18.0. The Bertz CT molecular complexity index is 1400. The monoisotopic (exact) mass is 578 g/mol. The van der Waals surface area contributed by atoms with Gasteiger partial charge in [-0.25, -0.2) is 4.79 Å². The van der Waals surface area contributed by atoms with Crippen LogP contribution < -0.4 is 9.47 Å². The third-order valence-corrected chi connectivity index (χ3v) is 6.75. The number of carbonyl (C=O) groups excluding carboxylic acids is 2. The van der Waals surface area contributed by atoms with E-state index in [-0.39, 0.29) is 5.97 Å². The zero-order chi connectivity index (χ0) is 30.9. The lowest BCUT2D eigenvalue weighted by Gasteiger charge is -2.08. The highest BCUT2D eigenvalue weighted by Gasteiger charge is 2.03. The number of carbonyl (C=O) groups is 2. The molecule has 4 rings (SSSR count). The molecule has 0 radical (unpaired) electrons. The molecule has 0 saturated heterocycles. The number of hydrogen-bond acceptors (Lipinski definition) is 5. The summed E-state index contributed by atoms with van der Waals surface area (Å²) in [4.78, 5) is 21.7. The molecule has 0 aliphatic carbocycles. The van der Waals surface area contributed by atoms with Gasteiger partial charge in [0, 0.05) is 18.4 Å². The van der Waals surface area contributed by atoms with Gasteiger partial charge in [0.25, 0.3) is 0 Å². The number of hydrogen-bond donors (Lipinski definition) is 0. The normalized spacial score (nSPS) is 10.2. The first-order chi connectivity index (χ1) is 20.9. The van der Waals surface area contributed by atoms with Gasteiger partial charge >= 0.3 is 5.97 Å². The van der Waals surface area contributed by atoms with Crippen molar-refractivity contribution in [1.29, 1.82) is 0 Å². The summed E-state index contributed by atoms with van der Waals surface area (Å²) in [5.41, 5.74) is 7.69. The highest BCUT2D eigenvalue weighted by Crippen LogP contribution is 2.24. The summed E-state index contributed by atoms with van der Waals surface area (Å²) in [5.74, 6) is 1.31. The van der Waals surface area contributed by atoms with Gasteiger partial charge in [-0.2, -0.15) is 0 Å². The first kappa shape index (κ1) is 32.9. The molecule has 0 aliphatic heterocycles. The van der Waals surface area contributed by atoms with E-state index >= 15 is 0 Å². The zero-order valence-electron chi connectivity index (χ0n) is 25.5. The van der Waals surface area contributed by atoms with Crippen molar-refractivity contribution in [3.8, 4) is 33.8 Å². The maximum Gasteiger partial charge on any atom is 0.333 e. The molecular weight excluding hydrogens is 536 g/mol. The van der Waals surface area contributed by atoms with Crippen LogP contribution in [0.1, 0.15) is 44.2 Å². The van der Waals surface area contributed by atoms with E-state index in [0.717, 1.165) is 47.3 Å². The van der Waals surface area contributed by atoms with Crippen molar-refractivity contribution in [2.24, 2.45) is 0 Å². The molecule has 0 aliphatic rings. The summed E-state index contributed by atoms with van der Waals surface area (Å²) in [6.45, 7) is 8.16. The Balaban J connectivity index is 0.000000257. The lowest BCUT2D eigenvalue weighted by atomic mass is 10.0. The maximum atomic E-state index is 11.2. The molecule has 0 saturated carbocycles. The molecular formula is C38H42O5. The van der Waals surface area contributed by atoms with Gasteiger partial charge in [0.05, 0.1) is 20.3 Å². The van der Waals surface area contributed by atoms with Crippen LogP contribution in [-0.2, 0) is 27.2 Å². The molecule has 0 amide bonds. The predicted octanol–water partition coefficient (Wildman–Crippen LogP) is 8.69. The van der Waals surface area contributed by atoms with Crippen molar-refractivity contribution in [3.63, 3.8) is 0 Å². The van der Waals surface area contributed by atoms with Crippen molar-refractivity contribution in [3.05, 3.63) is 120 Å². The smallest absolute Gasteiger partial charge is 0.333 e. The van der Waals surface area contributed by atoms with Crippen LogP contribution in [0.3, 0.4) is 0 Å². The van der Waals surface area contributed by atoms with Crippen molar-refractivity contribution in [1.82, 2.24) is 0 Å². The van der Waals surface area contributed by atoms with Gasteiger partial charge in [0.2, 0.25) is 0 Å². The van der Waals surface area contributed by atoms with E-state index in [1.54, 1.807) is 14.0 Å². The first-order valence-electron chi connectivity index (χ1n) is 14.7. The second-order valence-electron chi connectivity index (χ2n) is 10.2. The maximum absolute atomic E-state index is 11.2. The fraction of sp³-hybridized carbons (Fsp3) is 0.263.